The minimum atomic E-state index is -0.283. The van der Waals surface area contributed by atoms with E-state index in [2.05, 4.69) is 4.98 Å². The molecule has 1 aromatic heterocycles. The number of hydroxylamine groups is 2. The zero-order valence-corrected chi connectivity index (χ0v) is 9.58. The van der Waals surface area contributed by atoms with E-state index in [0.717, 1.165) is 10.6 Å². The molecule has 0 N–H and O–H groups in total. The monoisotopic (exact) mass is 232 g/mol. The van der Waals surface area contributed by atoms with Crippen LogP contribution in [0.1, 0.15) is 5.89 Å². The summed E-state index contributed by atoms with van der Waals surface area (Å²) >= 11 is 0. The molecule has 0 bridgehead atoms. The fourth-order valence-electron chi connectivity index (χ4n) is 1.30. The first-order chi connectivity index (χ1) is 8.20. The number of nitrogens with zero attached hydrogens (tertiary/aromatic N) is 2. The number of amides is 1. The summed E-state index contributed by atoms with van der Waals surface area (Å²) < 4.78 is 5.42. The van der Waals surface area contributed by atoms with E-state index in [1.807, 2.05) is 24.3 Å². The highest BCUT2D eigenvalue weighted by atomic mass is 16.7. The average Bonchev–Trinajstić information content (AvgIpc) is 2.77. The molecule has 1 aromatic carbocycles. The molecule has 1 heterocycles. The Kier molecular flexibility index (Phi) is 3.20. The van der Waals surface area contributed by atoms with Crippen LogP contribution in [-0.2, 0) is 9.63 Å². The van der Waals surface area contributed by atoms with Crippen LogP contribution in [0.5, 0.6) is 0 Å². The molecule has 0 fully saturated rings. The van der Waals surface area contributed by atoms with Crippen LogP contribution in [0.25, 0.3) is 17.2 Å². The van der Waals surface area contributed by atoms with E-state index in [4.69, 9.17) is 9.25 Å². The molecule has 5 nitrogen and oxygen atoms in total. The number of benzene rings is 1. The Morgan fingerprint density at radius 3 is 2.94 bits per heavy atom. The second-order valence-corrected chi connectivity index (χ2v) is 3.37. The van der Waals surface area contributed by atoms with Gasteiger partial charge in [0.05, 0.1) is 7.11 Å². The van der Waals surface area contributed by atoms with E-state index in [-0.39, 0.29) is 5.91 Å². The fourth-order valence-corrected chi connectivity index (χ4v) is 1.30. The van der Waals surface area contributed by atoms with Crippen molar-refractivity contribution in [3.8, 4) is 0 Å². The molecule has 0 aliphatic carbocycles. The molecular weight excluding hydrogens is 220 g/mol. The molecule has 17 heavy (non-hydrogen) atoms. The van der Waals surface area contributed by atoms with Crippen molar-refractivity contribution in [2.45, 2.75) is 0 Å². The molecule has 2 rings (SSSR count). The number of rotatable bonds is 3. The van der Waals surface area contributed by atoms with Gasteiger partial charge in [-0.05, 0) is 12.1 Å². The summed E-state index contributed by atoms with van der Waals surface area (Å²) in [6.45, 7) is 0. The van der Waals surface area contributed by atoms with Crippen molar-refractivity contribution in [1.82, 2.24) is 10.0 Å². The van der Waals surface area contributed by atoms with Crippen LogP contribution in [0.3, 0.4) is 0 Å². The van der Waals surface area contributed by atoms with E-state index < -0.39 is 0 Å². The number of oxazole rings is 1. The summed E-state index contributed by atoms with van der Waals surface area (Å²) in [5, 5.41) is 1.11. The van der Waals surface area contributed by atoms with Crippen molar-refractivity contribution in [2.24, 2.45) is 0 Å². The Bertz CT molecular complexity index is 527. The van der Waals surface area contributed by atoms with Crippen molar-refractivity contribution in [3.05, 3.63) is 36.2 Å². The molecule has 0 atom stereocenters. The van der Waals surface area contributed by atoms with Gasteiger partial charge in [-0.1, -0.05) is 12.1 Å². The van der Waals surface area contributed by atoms with Crippen LogP contribution in [0.4, 0.5) is 0 Å². The number of carbonyl (C=O) groups excluding carboxylic acids is 1. The van der Waals surface area contributed by atoms with Gasteiger partial charge in [-0.25, -0.2) is 10.0 Å². The summed E-state index contributed by atoms with van der Waals surface area (Å²) in [5.41, 5.74) is 1.46. The number of fused-ring (bicyclic) bond motifs is 1. The molecule has 0 radical (unpaired) electrons. The van der Waals surface area contributed by atoms with Gasteiger partial charge in [-0.3, -0.25) is 9.63 Å². The Labute approximate surface area is 98.3 Å². The Hall–Kier alpha value is -2.14. The number of hydrogen-bond donors (Lipinski definition) is 0. The second kappa shape index (κ2) is 4.80. The zero-order chi connectivity index (χ0) is 12.3. The van der Waals surface area contributed by atoms with Gasteiger partial charge in [-0.2, -0.15) is 0 Å². The maximum atomic E-state index is 11.4. The average molecular weight is 232 g/mol. The highest BCUT2D eigenvalue weighted by molar-refractivity contribution is 5.90. The van der Waals surface area contributed by atoms with Gasteiger partial charge in [0, 0.05) is 19.2 Å². The SMILES string of the molecule is CON(C)C(=O)/C=C/c1nc2ccccc2o1. The van der Waals surface area contributed by atoms with E-state index >= 15 is 0 Å². The molecule has 0 aliphatic heterocycles. The maximum absolute atomic E-state index is 11.4. The van der Waals surface area contributed by atoms with Crippen LogP contribution in [0, 0.1) is 0 Å². The smallest absolute Gasteiger partial charge is 0.270 e. The van der Waals surface area contributed by atoms with Gasteiger partial charge < -0.3 is 4.42 Å². The number of carbonyl (C=O) groups is 1. The maximum Gasteiger partial charge on any atom is 0.270 e. The number of likely N-dealkylation sites (N-methyl/N-ethyl adjacent to an activating group) is 1. The normalized spacial score (nSPS) is 11.2. The Morgan fingerprint density at radius 2 is 2.24 bits per heavy atom. The van der Waals surface area contributed by atoms with Crippen molar-refractivity contribution < 1.29 is 14.0 Å². The van der Waals surface area contributed by atoms with E-state index in [1.54, 1.807) is 0 Å². The second-order valence-electron chi connectivity index (χ2n) is 3.37. The Balaban J connectivity index is 2.18. The lowest BCUT2D eigenvalue weighted by Gasteiger charge is -2.09. The lowest BCUT2D eigenvalue weighted by atomic mass is 10.3. The Morgan fingerprint density at radius 1 is 1.47 bits per heavy atom. The first-order valence-electron chi connectivity index (χ1n) is 5.06. The lowest BCUT2D eigenvalue weighted by molar-refractivity contribution is -0.162. The summed E-state index contributed by atoms with van der Waals surface area (Å²) in [6, 6.07) is 7.41. The zero-order valence-electron chi connectivity index (χ0n) is 9.58. The molecule has 0 saturated carbocycles. The molecule has 0 spiro atoms. The largest absolute Gasteiger partial charge is 0.437 e. The first-order valence-corrected chi connectivity index (χ1v) is 5.06. The van der Waals surface area contributed by atoms with Gasteiger partial charge >= 0.3 is 0 Å². The van der Waals surface area contributed by atoms with Crippen LogP contribution in [-0.4, -0.2) is 30.1 Å². The van der Waals surface area contributed by atoms with Crippen molar-refractivity contribution >= 4 is 23.1 Å². The molecule has 0 unspecified atom stereocenters. The highest BCUT2D eigenvalue weighted by Crippen LogP contribution is 2.15. The summed E-state index contributed by atoms with van der Waals surface area (Å²) in [7, 11) is 2.95. The molecule has 0 aliphatic rings. The van der Waals surface area contributed by atoms with Gasteiger partial charge in [0.2, 0.25) is 5.89 Å². The van der Waals surface area contributed by atoms with Crippen LogP contribution >= 0.6 is 0 Å². The van der Waals surface area contributed by atoms with E-state index in [9.17, 15) is 4.79 Å². The number of hydrogen-bond acceptors (Lipinski definition) is 4. The first kappa shape index (κ1) is 11.3. The number of para-hydroxylation sites is 2. The predicted molar refractivity (Wildman–Crippen MR) is 62.8 cm³/mol. The third-order valence-corrected chi connectivity index (χ3v) is 2.26. The molecule has 5 heteroatoms. The standard InChI is InChI=1S/C12H12N2O3/c1-14(16-2)12(15)8-7-11-13-9-5-3-4-6-10(9)17-11/h3-8H,1-2H3/b8-7+. The molecule has 2 aromatic rings. The lowest BCUT2D eigenvalue weighted by Crippen LogP contribution is -2.22. The number of aromatic nitrogens is 1. The minimum Gasteiger partial charge on any atom is -0.437 e. The third kappa shape index (κ3) is 2.51. The van der Waals surface area contributed by atoms with Gasteiger partial charge in [0.1, 0.15) is 5.52 Å². The van der Waals surface area contributed by atoms with Crippen LogP contribution in [0.2, 0.25) is 0 Å². The summed E-state index contributed by atoms with van der Waals surface area (Å²) in [4.78, 5) is 20.4. The van der Waals surface area contributed by atoms with Crippen molar-refractivity contribution in [3.63, 3.8) is 0 Å². The molecule has 0 saturated heterocycles. The van der Waals surface area contributed by atoms with Gasteiger partial charge in [0.25, 0.3) is 5.91 Å². The molecule has 88 valence electrons. The minimum absolute atomic E-state index is 0.283. The highest BCUT2D eigenvalue weighted by Gasteiger charge is 2.05. The molecule has 1 amide bonds. The topological polar surface area (TPSA) is 55.6 Å². The summed E-state index contributed by atoms with van der Waals surface area (Å²) in [6.07, 6.45) is 2.85. The van der Waals surface area contributed by atoms with Gasteiger partial charge in [0.15, 0.2) is 5.58 Å². The van der Waals surface area contributed by atoms with Crippen LogP contribution in [0.15, 0.2) is 34.8 Å². The fraction of sp³-hybridized carbons (Fsp3) is 0.167. The predicted octanol–water partition coefficient (Wildman–Crippen LogP) is 1.86. The van der Waals surface area contributed by atoms with Crippen molar-refractivity contribution in [1.29, 1.82) is 0 Å². The molecular formula is C12H12N2O3. The van der Waals surface area contributed by atoms with Crippen LogP contribution < -0.4 is 0 Å². The summed E-state index contributed by atoms with van der Waals surface area (Å²) in [5.74, 6) is 0.110. The van der Waals surface area contributed by atoms with E-state index in [0.29, 0.717) is 11.5 Å². The van der Waals surface area contributed by atoms with Gasteiger partial charge in [-0.15, -0.1) is 0 Å². The van der Waals surface area contributed by atoms with Crippen molar-refractivity contribution in [2.75, 3.05) is 14.2 Å². The third-order valence-electron chi connectivity index (χ3n) is 2.26. The quantitative estimate of drug-likeness (QED) is 0.598. The van der Waals surface area contributed by atoms with E-state index in [1.165, 1.54) is 26.3 Å².